The van der Waals surface area contributed by atoms with Crippen LogP contribution in [-0.2, 0) is 0 Å². The Kier molecular flexibility index (Phi) is 12.5. The Morgan fingerprint density at radius 2 is 0.779 bits per heavy atom. The van der Waals surface area contributed by atoms with E-state index < -0.39 is 0 Å². The van der Waals surface area contributed by atoms with Crippen molar-refractivity contribution >= 4 is 101 Å². The average molecular weight is 1210 g/mol. The van der Waals surface area contributed by atoms with Gasteiger partial charge < -0.3 is 18.8 Å². The lowest BCUT2D eigenvalue weighted by Gasteiger charge is -2.44. The summed E-state index contributed by atoms with van der Waals surface area (Å²) in [5.74, 6) is 2.10. The van der Waals surface area contributed by atoms with Gasteiger partial charge in [-0.05, 0) is 131 Å². The van der Waals surface area contributed by atoms with E-state index in [0.717, 1.165) is 139 Å². The van der Waals surface area contributed by atoms with Crippen LogP contribution in [0.5, 0.6) is 0 Å². The zero-order valence-corrected chi connectivity index (χ0v) is 51.2. The summed E-state index contributed by atoms with van der Waals surface area (Å²) in [6.45, 7) is -0.0183. The zero-order valence-electron chi connectivity index (χ0n) is 51.2. The van der Waals surface area contributed by atoms with Gasteiger partial charge in [0.1, 0.15) is 11.2 Å². The molecule has 4 aromatic heterocycles. The maximum absolute atomic E-state index is 6.84. The van der Waals surface area contributed by atoms with Gasteiger partial charge in [-0.15, -0.1) is 0 Å². The van der Waals surface area contributed by atoms with Gasteiger partial charge in [-0.25, -0.2) is 24.9 Å². The summed E-state index contributed by atoms with van der Waals surface area (Å²) in [7, 11) is 0. The van der Waals surface area contributed by atoms with Gasteiger partial charge in [0.05, 0.1) is 33.5 Å². The maximum Gasteiger partial charge on any atom is 0.252 e. The highest BCUT2D eigenvalue weighted by atomic mass is 16.3. The molecule has 10 heteroatoms. The van der Waals surface area contributed by atoms with Crippen LogP contribution in [0.3, 0.4) is 0 Å². The van der Waals surface area contributed by atoms with E-state index >= 15 is 0 Å². The topological polar surface area (TPSA) is 89.0 Å². The van der Waals surface area contributed by atoms with Crippen LogP contribution in [0.2, 0.25) is 0 Å². The van der Waals surface area contributed by atoms with Gasteiger partial charge in [0.2, 0.25) is 0 Å². The Bertz CT molecular complexity index is 5710. The number of rotatable bonds is 10. The minimum absolute atomic E-state index is 0.0183. The molecule has 19 rings (SSSR count). The number of benzene rings is 13. The molecule has 0 amide bonds. The predicted octanol–water partition coefficient (Wildman–Crippen LogP) is 19.4. The number of hydrogen-bond donors (Lipinski definition) is 0. The summed E-state index contributed by atoms with van der Waals surface area (Å²) in [4.78, 5) is 32.3. The summed E-state index contributed by atoms with van der Waals surface area (Å²) in [5, 5.41) is 4.22. The molecule has 0 spiro atoms. The molecular formula is C85H53BN8O. The van der Waals surface area contributed by atoms with Crippen LogP contribution in [-0.4, -0.2) is 36.2 Å². The van der Waals surface area contributed by atoms with Crippen LogP contribution in [0.1, 0.15) is 0 Å². The normalized spacial score (nSPS) is 12.4. The molecule has 95 heavy (non-hydrogen) atoms. The smallest absolute Gasteiger partial charge is 0.252 e. The summed E-state index contributed by atoms with van der Waals surface area (Å²) in [6, 6.07) is 113. The van der Waals surface area contributed by atoms with E-state index in [0.29, 0.717) is 23.3 Å². The Balaban J connectivity index is 0.847. The molecule has 442 valence electrons. The Morgan fingerprint density at radius 3 is 1.42 bits per heavy atom. The molecule has 2 aliphatic heterocycles. The lowest BCUT2D eigenvalue weighted by molar-refractivity contribution is 0.673. The second-order valence-corrected chi connectivity index (χ2v) is 24.3. The molecule has 9 nitrogen and oxygen atoms in total. The van der Waals surface area contributed by atoms with E-state index in [2.05, 4.69) is 269 Å². The number of fused-ring (bicyclic) bond motifs is 11. The number of aromatic nitrogens is 6. The van der Waals surface area contributed by atoms with Crippen LogP contribution in [0.25, 0.3) is 129 Å². The lowest BCUT2D eigenvalue weighted by Crippen LogP contribution is -2.61. The van der Waals surface area contributed by atoms with Crippen LogP contribution in [0.4, 0.5) is 34.1 Å². The molecule has 0 unspecified atom stereocenters. The number of hydrogen-bond acceptors (Lipinski definition) is 8. The molecule has 0 atom stereocenters. The first kappa shape index (κ1) is 54.0. The minimum Gasteiger partial charge on any atom is -0.455 e. The van der Waals surface area contributed by atoms with E-state index in [1.807, 2.05) is 66.7 Å². The predicted molar refractivity (Wildman–Crippen MR) is 389 cm³/mol. The third kappa shape index (κ3) is 8.91. The van der Waals surface area contributed by atoms with Gasteiger partial charge in [-0.1, -0.05) is 218 Å². The molecule has 0 fully saturated rings. The molecule has 0 saturated carbocycles. The fourth-order valence-electron chi connectivity index (χ4n) is 14.6. The van der Waals surface area contributed by atoms with Crippen molar-refractivity contribution in [2.75, 3.05) is 9.80 Å². The summed E-state index contributed by atoms with van der Waals surface area (Å²) >= 11 is 0. The monoisotopic (exact) mass is 1210 g/mol. The summed E-state index contributed by atoms with van der Waals surface area (Å²) in [5.41, 5.74) is 23.9. The fourth-order valence-corrected chi connectivity index (χ4v) is 14.6. The van der Waals surface area contributed by atoms with Crippen molar-refractivity contribution in [1.29, 1.82) is 0 Å². The van der Waals surface area contributed by atoms with Gasteiger partial charge in [0.25, 0.3) is 6.71 Å². The lowest BCUT2D eigenvalue weighted by atomic mass is 9.33. The Hall–Kier alpha value is -12.8. The van der Waals surface area contributed by atoms with E-state index in [-0.39, 0.29) is 6.71 Å². The van der Waals surface area contributed by atoms with Crippen molar-refractivity contribution < 1.29 is 4.42 Å². The largest absolute Gasteiger partial charge is 0.455 e. The van der Waals surface area contributed by atoms with Crippen molar-refractivity contribution in [3.05, 3.63) is 322 Å². The summed E-state index contributed by atoms with van der Waals surface area (Å²) in [6.07, 6.45) is 0. The highest BCUT2D eigenvalue weighted by molar-refractivity contribution is 7.00. The molecule has 0 radical (unpaired) electrons. The van der Waals surface area contributed by atoms with Crippen LogP contribution >= 0.6 is 0 Å². The van der Waals surface area contributed by atoms with E-state index in [1.54, 1.807) is 0 Å². The standard InChI is InChI=1S/C85H53BN8O/c1-6-25-54(26-7-1)69-53-70(55-27-8-2-9-28-55)88-83(87-69)59-45-47-72(94-71-41-20-16-38-65(71)79-75(94)48-46-64-63-37-17-23-44-78(63)95-81(64)79)66(50-59)85-90-82(56-29-10-3-11-30-56)89-84(91-85)58-32-24-31-57(49-58)60-51-76-80-77(52-60)93(62-35-14-5-15-36-62)74-43-22-19-40-68(74)86(80)67-39-18-21-42-73(67)92(76)61-33-12-4-13-34-61/h1-53H. The van der Waals surface area contributed by atoms with Gasteiger partial charge in [-0.3, -0.25) is 0 Å². The quantitative estimate of drug-likeness (QED) is 0.125. The van der Waals surface area contributed by atoms with Crippen molar-refractivity contribution in [3.63, 3.8) is 0 Å². The van der Waals surface area contributed by atoms with Crippen molar-refractivity contribution in [2.24, 2.45) is 0 Å². The minimum atomic E-state index is -0.0183. The molecule has 0 bridgehead atoms. The molecule has 0 aliphatic carbocycles. The van der Waals surface area contributed by atoms with Crippen LogP contribution in [0.15, 0.2) is 326 Å². The molecule has 6 heterocycles. The molecule has 0 N–H and O–H groups in total. The fraction of sp³-hybridized carbons (Fsp3) is 0. The van der Waals surface area contributed by atoms with E-state index in [4.69, 9.17) is 29.3 Å². The van der Waals surface area contributed by atoms with Crippen molar-refractivity contribution in [2.45, 2.75) is 0 Å². The second kappa shape index (κ2) is 22.0. The number of para-hydroxylation sites is 6. The molecular weight excluding hydrogens is 1160 g/mol. The average Bonchev–Trinajstić information content (AvgIpc) is 0.998. The zero-order chi connectivity index (χ0) is 62.5. The molecule has 13 aromatic carbocycles. The van der Waals surface area contributed by atoms with Crippen LogP contribution < -0.4 is 26.2 Å². The third-order valence-electron chi connectivity index (χ3n) is 18.8. The molecule has 2 aliphatic rings. The first-order valence-electron chi connectivity index (χ1n) is 32.1. The Morgan fingerprint density at radius 1 is 0.284 bits per heavy atom. The maximum atomic E-state index is 6.84. The first-order chi connectivity index (χ1) is 47.1. The molecule has 17 aromatic rings. The van der Waals surface area contributed by atoms with Crippen molar-refractivity contribution in [3.8, 4) is 84.9 Å². The van der Waals surface area contributed by atoms with Gasteiger partial charge in [0.15, 0.2) is 23.3 Å². The van der Waals surface area contributed by atoms with Gasteiger partial charge in [0, 0.05) is 83.7 Å². The number of anilines is 6. The van der Waals surface area contributed by atoms with Crippen LogP contribution in [0, 0.1) is 0 Å². The molecule has 0 saturated heterocycles. The van der Waals surface area contributed by atoms with Gasteiger partial charge >= 0.3 is 0 Å². The number of furan rings is 1. The highest BCUT2D eigenvalue weighted by Gasteiger charge is 2.43. The van der Waals surface area contributed by atoms with E-state index in [1.165, 1.54) is 16.4 Å². The second-order valence-electron chi connectivity index (χ2n) is 24.3. The first-order valence-corrected chi connectivity index (χ1v) is 32.1. The summed E-state index contributed by atoms with van der Waals surface area (Å²) < 4.78 is 9.17. The van der Waals surface area contributed by atoms with Crippen molar-refractivity contribution in [1.82, 2.24) is 29.5 Å². The highest BCUT2D eigenvalue weighted by Crippen LogP contribution is 2.48. The van der Waals surface area contributed by atoms with E-state index in [9.17, 15) is 0 Å². The Labute approximate surface area is 547 Å². The van der Waals surface area contributed by atoms with Gasteiger partial charge in [-0.2, -0.15) is 0 Å². The third-order valence-corrected chi connectivity index (χ3v) is 18.8. The number of nitrogens with zero attached hydrogens (tertiary/aromatic N) is 8. The SMILES string of the molecule is c1ccc(-c2cc(-c3ccccc3)nc(-c3ccc(-n4c5ccccc5c5c6oc7ccccc7c6ccc54)c(-c4nc(-c5ccccc5)nc(-c5cccc(-c6cc7c8c(c6)N(c6ccccc6)c6ccccc6B8c6ccccc6N7c6ccccc6)c5)n4)c3)n2)cc1.